The Labute approximate surface area is 140 Å². The smallest absolute Gasteiger partial charge is 0.233 e. The van der Waals surface area contributed by atoms with Crippen molar-refractivity contribution in [1.29, 1.82) is 0 Å². The van der Waals surface area contributed by atoms with Gasteiger partial charge in [-0.25, -0.2) is 0 Å². The van der Waals surface area contributed by atoms with Crippen LogP contribution in [0.1, 0.15) is 23.2 Å². The van der Waals surface area contributed by atoms with Gasteiger partial charge < -0.3 is 9.47 Å². The van der Waals surface area contributed by atoms with E-state index < -0.39 is 0 Å². The number of amides is 2. The second kappa shape index (κ2) is 6.47. The van der Waals surface area contributed by atoms with E-state index >= 15 is 0 Å². The van der Waals surface area contributed by atoms with Crippen molar-refractivity contribution in [2.75, 3.05) is 20.8 Å². The van der Waals surface area contributed by atoms with Gasteiger partial charge in [0.15, 0.2) is 5.78 Å². The molecule has 1 aromatic rings. The third-order valence-corrected chi connectivity index (χ3v) is 4.61. The maximum Gasteiger partial charge on any atom is 0.233 e. The number of hydrogen-bond donors (Lipinski definition) is 0. The molecule has 1 aliphatic heterocycles. The van der Waals surface area contributed by atoms with Gasteiger partial charge >= 0.3 is 0 Å². The first-order valence-electron chi connectivity index (χ1n) is 7.82. The Morgan fingerprint density at radius 1 is 1.08 bits per heavy atom. The summed E-state index contributed by atoms with van der Waals surface area (Å²) in [5.41, 5.74) is 0.297. The van der Waals surface area contributed by atoms with E-state index in [2.05, 4.69) is 0 Å². The van der Waals surface area contributed by atoms with Crippen LogP contribution in [0.15, 0.2) is 30.4 Å². The van der Waals surface area contributed by atoms with Crippen LogP contribution in [0.3, 0.4) is 0 Å². The van der Waals surface area contributed by atoms with Crippen LogP contribution in [0.2, 0.25) is 0 Å². The van der Waals surface area contributed by atoms with Crippen molar-refractivity contribution < 1.29 is 23.9 Å². The zero-order chi connectivity index (χ0) is 17.3. The minimum absolute atomic E-state index is 0.260. The van der Waals surface area contributed by atoms with Crippen molar-refractivity contribution >= 4 is 17.6 Å². The normalized spacial score (nSPS) is 22.5. The zero-order valence-corrected chi connectivity index (χ0v) is 13.7. The topological polar surface area (TPSA) is 72.9 Å². The molecule has 1 aliphatic carbocycles. The second-order valence-corrected chi connectivity index (χ2v) is 5.91. The number of ketones is 1. The lowest BCUT2D eigenvalue weighted by Gasteiger charge is -2.15. The molecule has 0 aromatic heterocycles. The Kier molecular flexibility index (Phi) is 4.38. The first-order valence-corrected chi connectivity index (χ1v) is 7.82. The van der Waals surface area contributed by atoms with Gasteiger partial charge in [-0.3, -0.25) is 19.3 Å². The molecule has 126 valence electrons. The molecule has 1 fully saturated rings. The minimum atomic E-state index is -0.348. The van der Waals surface area contributed by atoms with E-state index in [4.69, 9.17) is 9.47 Å². The highest BCUT2D eigenvalue weighted by atomic mass is 16.5. The third kappa shape index (κ3) is 2.68. The Morgan fingerprint density at radius 2 is 1.71 bits per heavy atom. The average molecular weight is 329 g/mol. The largest absolute Gasteiger partial charge is 0.497 e. The van der Waals surface area contributed by atoms with Crippen LogP contribution in [0.25, 0.3) is 0 Å². The summed E-state index contributed by atoms with van der Waals surface area (Å²) in [5.74, 6) is -0.631. The molecular formula is C18H19NO5. The molecule has 6 nitrogen and oxygen atoms in total. The lowest BCUT2D eigenvalue weighted by atomic mass is 9.85. The third-order valence-electron chi connectivity index (χ3n) is 4.61. The maximum absolute atomic E-state index is 12.6. The molecule has 3 rings (SSSR count). The monoisotopic (exact) mass is 329 g/mol. The van der Waals surface area contributed by atoms with Crippen molar-refractivity contribution in [3.63, 3.8) is 0 Å². The van der Waals surface area contributed by atoms with Gasteiger partial charge in [-0.05, 0) is 31.0 Å². The molecule has 0 spiro atoms. The number of rotatable bonds is 5. The maximum atomic E-state index is 12.6. The number of ether oxygens (including phenoxy) is 2. The summed E-state index contributed by atoms with van der Waals surface area (Å²) in [4.78, 5) is 38.7. The predicted molar refractivity (Wildman–Crippen MR) is 86.0 cm³/mol. The number of Topliss-reactive ketones (excluding diaryl/α,β-unsaturated/α-hetero) is 1. The summed E-state index contributed by atoms with van der Waals surface area (Å²) in [6.07, 6.45) is 4.95. The number of allylic oxidation sites excluding steroid dienone is 2. The first-order chi connectivity index (χ1) is 11.6. The Balaban J connectivity index is 1.83. The summed E-state index contributed by atoms with van der Waals surface area (Å²) in [5, 5.41) is 0. The SMILES string of the molecule is COc1ccc(OC)c(C(=O)CN2C(=O)[C@H]3CC=CC[C@H]3C2=O)c1. The number of carbonyl (C=O) groups is 3. The number of nitrogens with zero attached hydrogens (tertiary/aromatic N) is 1. The lowest BCUT2D eigenvalue weighted by Crippen LogP contribution is -2.36. The van der Waals surface area contributed by atoms with Crippen molar-refractivity contribution in [1.82, 2.24) is 4.90 Å². The molecule has 1 heterocycles. The highest BCUT2D eigenvalue weighted by Gasteiger charge is 2.47. The van der Waals surface area contributed by atoms with Gasteiger partial charge in [-0.2, -0.15) is 0 Å². The summed E-state index contributed by atoms with van der Waals surface area (Å²) < 4.78 is 10.3. The van der Waals surface area contributed by atoms with Crippen LogP contribution in [0, 0.1) is 11.8 Å². The van der Waals surface area contributed by atoms with Crippen LogP contribution in [0.5, 0.6) is 11.5 Å². The van der Waals surface area contributed by atoms with Crippen molar-refractivity contribution in [3.8, 4) is 11.5 Å². The van der Waals surface area contributed by atoms with Crippen LogP contribution in [-0.4, -0.2) is 43.3 Å². The van der Waals surface area contributed by atoms with E-state index in [1.165, 1.54) is 14.2 Å². The number of hydrogen-bond acceptors (Lipinski definition) is 5. The van der Waals surface area contributed by atoms with Gasteiger partial charge in [0.1, 0.15) is 11.5 Å². The molecule has 1 saturated heterocycles. The van der Waals surface area contributed by atoms with E-state index in [1.54, 1.807) is 18.2 Å². The Hall–Kier alpha value is -2.63. The molecule has 0 unspecified atom stereocenters. The highest BCUT2D eigenvalue weighted by molar-refractivity contribution is 6.10. The molecule has 0 bridgehead atoms. The first kappa shape index (κ1) is 16.2. The Morgan fingerprint density at radius 3 is 2.25 bits per heavy atom. The number of likely N-dealkylation sites (tertiary alicyclic amines) is 1. The predicted octanol–water partition coefficient (Wildman–Crippen LogP) is 1.84. The van der Waals surface area contributed by atoms with Gasteiger partial charge in [0.05, 0.1) is 38.2 Å². The fourth-order valence-corrected chi connectivity index (χ4v) is 3.29. The zero-order valence-electron chi connectivity index (χ0n) is 13.7. The molecule has 2 atom stereocenters. The van der Waals surface area contributed by atoms with Gasteiger partial charge in [0.2, 0.25) is 11.8 Å². The molecule has 0 N–H and O–H groups in total. The van der Waals surface area contributed by atoms with Crippen molar-refractivity contribution in [2.24, 2.45) is 11.8 Å². The standard InChI is InChI=1S/C18H19NO5/c1-23-11-7-8-16(24-2)14(9-11)15(20)10-19-17(21)12-5-3-4-6-13(12)18(19)22/h3-4,7-9,12-13H,5-6,10H2,1-2H3/t12-,13+. The van der Waals surface area contributed by atoms with E-state index in [1.807, 2.05) is 12.2 Å². The second-order valence-electron chi connectivity index (χ2n) is 5.91. The van der Waals surface area contributed by atoms with Crippen molar-refractivity contribution in [2.45, 2.75) is 12.8 Å². The van der Waals surface area contributed by atoms with Gasteiger partial charge in [-0.15, -0.1) is 0 Å². The number of carbonyl (C=O) groups excluding carboxylic acids is 3. The fourth-order valence-electron chi connectivity index (χ4n) is 3.29. The molecule has 2 aliphatic rings. The summed E-state index contributed by atoms with van der Waals surface area (Å²) >= 11 is 0. The van der Waals surface area contributed by atoms with Crippen LogP contribution in [0.4, 0.5) is 0 Å². The van der Waals surface area contributed by atoms with Crippen LogP contribution in [-0.2, 0) is 9.59 Å². The van der Waals surface area contributed by atoms with Gasteiger partial charge in [0.25, 0.3) is 0 Å². The number of benzene rings is 1. The molecule has 0 saturated carbocycles. The number of imide groups is 1. The van der Waals surface area contributed by atoms with Crippen molar-refractivity contribution in [3.05, 3.63) is 35.9 Å². The molecule has 0 radical (unpaired) electrons. The summed E-state index contributed by atoms with van der Waals surface area (Å²) in [7, 11) is 2.96. The number of methoxy groups -OCH3 is 2. The van der Waals surface area contributed by atoms with E-state index in [0.717, 1.165) is 4.90 Å². The number of fused-ring (bicyclic) bond motifs is 1. The molecule has 1 aromatic carbocycles. The summed E-state index contributed by atoms with van der Waals surface area (Å²) in [6, 6.07) is 4.87. The van der Waals surface area contributed by atoms with E-state index in [-0.39, 0.29) is 36.0 Å². The van der Waals surface area contributed by atoms with Crippen LogP contribution < -0.4 is 9.47 Å². The minimum Gasteiger partial charge on any atom is -0.497 e. The fraction of sp³-hybridized carbons (Fsp3) is 0.389. The summed E-state index contributed by atoms with van der Waals surface area (Å²) in [6.45, 7) is -0.270. The van der Waals surface area contributed by atoms with Gasteiger partial charge in [0, 0.05) is 0 Å². The van der Waals surface area contributed by atoms with E-state index in [9.17, 15) is 14.4 Å². The highest BCUT2D eigenvalue weighted by Crippen LogP contribution is 2.35. The molecule has 2 amide bonds. The lowest BCUT2D eigenvalue weighted by molar-refractivity contribution is -0.139. The van der Waals surface area contributed by atoms with Gasteiger partial charge in [-0.1, -0.05) is 12.2 Å². The van der Waals surface area contributed by atoms with E-state index in [0.29, 0.717) is 29.9 Å². The molecule has 24 heavy (non-hydrogen) atoms. The molecule has 6 heteroatoms. The average Bonchev–Trinajstić information content (AvgIpc) is 2.86. The quantitative estimate of drug-likeness (QED) is 0.468. The molecular weight excluding hydrogens is 310 g/mol. The van der Waals surface area contributed by atoms with Crippen LogP contribution >= 0.6 is 0 Å². The Bertz CT molecular complexity index is 698.